The molecule has 1 atom stereocenters. The quantitative estimate of drug-likeness (QED) is 0.923. The smallest absolute Gasteiger partial charge is 0.122 e. The Morgan fingerprint density at radius 1 is 1.10 bits per heavy atom. The van der Waals surface area contributed by atoms with Crippen LogP contribution in [0.1, 0.15) is 50.5 Å². The number of hydrogen-bond donors (Lipinski definition) is 1. The molecule has 21 heavy (non-hydrogen) atoms. The minimum absolute atomic E-state index is 0.317. The number of nitrogens with two attached hydrogens (primary N) is 1. The van der Waals surface area contributed by atoms with E-state index in [9.17, 15) is 0 Å². The Hall–Kier alpha value is -1.22. The molecule has 2 fully saturated rings. The van der Waals surface area contributed by atoms with Crippen LogP contribution in [-0.2, 0) is 0 Å². The average Bonchev–Trinajstić information content (AvgIpc) is 2.50. The van der Waals surface area contributed by atoms with Gasteiger partial charge in [-0.25, -0.2) is 0 Å². The summed E-state index contributed by atoms with van der Waals surface area (Å²) in [6, 6.07) is 6.93. The van der Waals surface area contributed by atoms with E-state index in [-0.39, 0.29) is 0 Å². The van der Waals surface area contributed by atoms with E-state index in [0.29, 0.717) is 12.1 Å². The number of anilines is 1. The first-order valence-electron chi connectivity index (χ1n) is 8.50. The van der Waals surface area contributed by atoms with Crippen molar-refractivity contribution in [3.63, 3.8) is 0 Å². The summed E-state index contributed by atoms with van der Waals surface area (Å²) in [5.41, 5.74) is 8.63. The molecule has 0 radical (unpaired) electrons. The second-order valence-corrected chi connectivity index (χ2v) is 6.68. The van der Waals surface area contributed by atoms with Crippen LogP contribution in [0.4, 0.5) is 5.69 Å². The molecule has 0 spiro atoms. The van der Waals surface area contributed by atoms with Crippen molar-refractivity contribution < 1.29 is 4.74 Å². The molecule has 1 aliphatic carbocycles. The lowest BCUT2D eigenvalue weighted by molar-refractivity contribution is 0.154. The summed E-state index contributed by atoms with van der Waals surface area (Å²) in [5, 5.41) is 0. The first-order chi connectivity index (χ1) is 10.2. The number of aryl methyl sites for hydroxylation is 1. The van der Waals surface area contributed by atoms with Crippen molar-refractivity contribution in [1.29, 1.82) is 0 Å². The first-order valence-corrected chi connectivity index (χ1v) is 8.50. The van der Waals surface area contributed by atoms with Crippen molar-refractivity contribution in [2.75, 3.05) is 18.0 Å². The standard InChI is InChI=1S/C18H28N2O/c1-14-12-16(20-11-5-6-15(19)13-20)9-10-18(14)21-17-7-3-2-4-8-17/h9-10,12,15,17H,2-8,11,13,19H2,1H3. The zero-order valence-corrected chi connectivity index (χ0v) is 13.2. The lowest BCUT2D eigenvalue weighted by Gasteiger charge is -2.33. The van der Waals surface area contributed by atoms with Gasteiger partial charge in [0, 0.05) is 24.8 Å². The van der Waals surface area contributed by atoms with Gasteiger partial charge in [0.25, 0.3) is 0 Å². The molecule has 3 rings (SSSR count). The fourth-order valence-electron chi connectivity index (χ4n) is 3.57. The molecule has 1 saturated carbocycles. The summed E-state index contributed by atoms with van der Waals surface area (Å²) in [5.74, 6) is 1.06. The van der Waals surface area contributed by atoms with E-state index < -0.39 is 0 Å². The van der Waals surface area contributed by atoms with Crippen molar-refractivity contribution in [2.24, 2.45) is 5.73 Å². The Labute approximate surface area is 128 Å². The maximum Gasteiger partial charge on any atom is 0.122 e. The van der Waals surface area contributed by atoms with Gasteiger partial charge in [-0.3, -0.25) is 0 Å². The largest absolute Gasteiger partial charge is 0.490 e. The van der Waals surface area contributed by atoms with E-state index in [2.05, 4.69) is 30.0 Å². The molecule has 1 aromatic carbocycles. The van der Waals surface area contributed by atoms with Gasteiger partial charge < -0.3 is 15.4 Å². The SMILES string of the molecule is Cc1cc(N2CCCC(N)C2)ccc1OC1CCCCC1. The minimum Gasteiger partial charge on any atom is -0.490 e. The Balaban J connectivity index is 1.67. The third-order valence-electron chi connectivity index (χ3n) is 4.83. The topological polar surface area (TPSA) is 38.5 Å². The van der Waals surface area contributed by atoms with Crippen molar-refractivity contribution >= 4 is 5.69 Å². The normalized spacial score (nSPS) is 24.1. The predicted octanol–water partition coefficient (Wildman–Crippen LogP) is 3.63. The zero-order valence-electron chi connectivity index (χ0n) is 13.2. The van der Waals surface area contributed by atoms with E-state index in [1.165, 1.54) is 49.8 Å². The number of ether oxygens (including phenoxy) is 1. The highest BCUT2D eigenvalue weighted by molar-refractivity contribution is 5.53. The van der Waals surface area contributed by atoms with Crippen LogP contribution in [0.5, 0.6) is 5.75 Å². The average molecular weight is 288 g/mol. The summed E-state index contributed by atoms with van der Waals surface area (Å²) in [4.78, 5) is 2.41. The van der Waals surface area contributed by atoms with E-state index in [1.54, 1.807) is 0 Å². The van der Waals surface area contributed by atoms with E-state index in [0.717, 1.165) is 25.3 Å². The Bertz CT molecular complexity index is 468. The van der Waals surface area contributed by atoms with Crippen LogP contribution in [0.15, 0.2) is 18.2 Å². The van der Waals surface area contributed by atoms with Crippen LogP contribution in [0.2, 0.25) is 0 Å². The van der Waals surface area contributed by atoms with Gasteiger partial charge in [-0.05, 0) is 69.2 Å². The molecule has 2 N–H and O–H groups in total. The molecule has 3 nitrogen and oxygen atoms in total. The van der Waals surface area contributed by atoms with E-state index in [4.69, 9.17) is 10.5 Å². The molecule has 2 aliphatic rings. The molecule has 0 amide bonds. The van der Waals surface area contributed by atoms with Crippen molar-refractivity contribution in [1.82, 2.24) is 0 Å². The molecule has 0 aromatic heterocycles. The molecule has 1 aliphatic heterocycles. The van der Waals surface area contributed by atoms with Gasteiger partial charge in [-0.1, -0.05) is 6.42 Å². The van der Waals surface area contributed by atoms with Crippen LogP contribution < -0.4 is 15.4 Å². The van der Waals surface area contributed by atoms with Crippen LogP contribution in [0, 0.1) is 6.92 Å². The van der Waals surface area contributed by atoms with Gasteiger partial charge in [0.2, 0.25) is 0 Å². The second kappa shape index (κ2) is 6.69. The predicted molar refractivity (Wildman–Crippen MR) is 88.1 cm³/mol. The van der Waals surface area contributed by atoms with Crippen molar-refractivity contribution in [2.45, 2.75) is 64.0 Å². The monoisotopic (exact) mass is 288 g/mol. The highest BCUT2D eigenvalue weighted by Gasteiger charge is 2.19. The van der Waals surface area contributed by atoms with E-state index >= 15 is 0 Å². The molecule has 1 unspecified atom stereocenters. The number of rotatable bonds is 3. The number of hydrogen-bond acceptors (Lipinski definition) is 3. The summed E-state index contributed by atoms with van der Waals surface area (Å²) in [7, 11) is 0. The van der Waals surface area contributed by atoms with Gasteiger partial charge in [0.15, 0.2) is 0 Å². The van der Waals surface area contributed by atoms with Gasteiger partial charge in [0.05, 0.1) is 6.10 Å². The minimum atomic E-state index is 0.317. The number of piperidine rings is 1. The van der Waals surface area contributed by atoms with Gasteiger partial charge >= 0.3 is 0 Å². The summed E-state index contributed by atoms with van der Waals surface area (Å²) >= 11 is 0. The maximum atomic E-state index is 6.21. The second-order valence-electron chi connectivity index (χ2n) is 6.68. The molecule has 1 aromatic rings. The van der Waals surface area contributed by atoms with E-state index in [1.807, 2.05) is 0 Å². The molecule has 3 heteroatoms. The molecular formula is C18H28N2O. The third kappa shape index (κ3) is 3.70. The van der Waals surface area contributed by atoms with Gasteiger partial charge in [-0.2, -0.15) is 0 Å². The lowest BCUT2D eigenvalue weighted by atomic mass is 9.97. The number of benzene rings is 1. The summed E-state index contributed by atoms with van der Waals surface area (Å²) in [6.45, 7) is 4.25. The molecule has 0 bridgehead atoms. The highest BCUT2D eigenvalue weighted by atomic mass is 16.5. The molecule has 1 heterocycles. The van der Waals surface area contributed by atoms with Crippen LogP contribution in [0.3, 0.4) is 0 Å². The summed E-state index contributed by atoms with van der Waals surface area (Å²) < 4.78 is 6.21. The van der Waals surface area contributed by atoms with Gasteiger partial charge in [0.1, 0.15) is 5.75 Å². The fraction of sp³-hybridized carbons (Fsp3) is 0.667. The van der Waals surface area contributed by atoms with Crippen LogP contribution >= 0.6 is 0 Å². The Morgan fingerprint density at radius 2 is 1.90 bits per heavy atom. The Kier molecular flexibility index (Phi) is 4.69. The third-order valence-corrected chi connectivity index (χ3v) is 4.83. The molecule has 116 valence electrons. The summed E-state index contributed by atoms with van der Waals surface area (Å²) in [6.07, 6.45) is 9.18. The molecular weight excluding hydrogens is 260 g/mol. The first kappa shape index (κ1) is 14.7. The zero-order chi connectivity index (χ0) is 14.7. The fourth-order valence-corrected chi connectivity index (χ4v) is 3.57. The number of nitrogens with zero attached hydrogens (tertiary/aromatic N) is 1. The Morgan fingerprint density at radius 3 is 2.62 bits per heavy atom. The lowest BCUT2D eigenvalue weighted by Crippen LogP contribution is -2.42. The van der Waals surface area contributed by atoms with Gasteiger partial charge in [-0.15, -0.1) is 0 Å². The van der Waals surface area contributed by atoms with Crippen LogP contribution in [0.25, 0.3) is 0 Å². The van der Waals surface area contributed by atoms with Crippen molar-refractivity contribution in [3.8, 4) is 5.75 Å². The van der Waals surface area contributed by atoms with Crippen LogP contribution in [-0.4, -0.2) is 25.2 Å². The molecule has 1 saturated heterocycles. The maximum absolute atomic E-state index is 6.21. The van der Waals surface area contributed by atoms with Crippen molar-refractivity contribution in [3.05, 3.63) is 23.8 Å². The highest BCUT2D eigenvalue weighted by Crippen LogP contribution is 2.29.